The summed E-state index contributed by atoms with van der Waals surface area (Å²) in [7, 11) is 0. The largest absolute Gasteiger partial charge is 0.444 e. The molecule has 320 valence electrons. The highest BCUT2D eigenvalue weighted by molar-refractivity contribution is 5.77. The highest BCUT2D eigenvalue weighted by Crippen LogP contribution is 2.77. The summed E-state index contributed by atoms with van der Waals surface area (Å²) in [5.41, 5.74) is -2.00. The van der Waals surface area contributed by atoms with Crippen LogP contribution < -0.4 is 0 Å². The summed E-state index contributed by atoms with van der Waals surface area (Å²) in [4.78, 5) is 29.3. The molecule has 11 heteroatoms. The van der Waals surface area contributed by atoms with Crippen molar-refractivity contribution in [1.29, 1.82) is 0 Å². The zero-order valence-electron chi connectivity index (χ0n) is 36.4. The Labute approximate surface area is 336 Å². The standard InChI is InChI=1S/C45H76N2O9/c1-27-22-30(37(49)42(7,8)52)54-36-35(27)43(9)16-17-45(18-19-45)31(44(43,10)38(36)50)15-14-29-12-11-13-32(41(29,5)6)55-34-26-46(20-21-53-34)33(48)23-28-24-47(25-28)39(51)56-40(2,3)4/h27-32,34-38,49-50,52H,11-26H2,1-10H3. The Morgan fingerprint density at radius 1 is 0.946 bits per heavy atom. The molecule has 3 aliphatic heterocycles. The second kappa shape index (κ2) is 14.9. The fourth-order valence-electron chi connectivity index (χ4n) is 13.2. The van der Waals surface area contributed by atoms with E-state index in [0.29, 0.717) is 57.5 Å². The number of hydrogen-bond donors (Lipinski definition) is 3. The first-order valence-electron chi connectivity index (χ1n) is 22.3. The number of carbonyl (C=O) groups is 2. The first-order chi connectivity index (χ1) is 26.0. The molecule has 12 unspecified atom stereocenters. The molecule has 7 fully saturated rings. The molecule has 12 atom stereocenters. The van der Waals surface area contributed by atoms with Gasteiger partial charge in [0.25, 0.3) is 0 Å². The Bertz CT molecular complexity index is 1450. The first-order valence-corrected chi connectivity index (χ1v) is 22.3. The lowest BCUT2D eigenvalue weighted by atomic mass is 9.46. The highest BCUT2D eigenvalue weighted by atomic mass is 16.7. The van der Waals surface area contributed by atoms with Gasteiger partial charge in [0.05, 0.1) is 43.2 Å². The van der Waals surface area contributed by atoms with E-state index in [-0.39, 0.29) is 63.6 Å². The zero-order valence-corrected chi connectivity index (χ0v) is 36.4. The number of fused-ring (bicyclic) bond motifs is 3. The molecule has 0 aromatic heterocycles. The first kappa shape index (κ1) is 42.6. The Hall–Kier alpha value is -1.50. The molecule has 4 aliphatic carbocycles. The summed E-state index contributed by atoms with van der Waals surface area (Å²) >= 11 is 0. The van der Waals surface area contributed by atoms with E-state index in [9.17, 15) is 24.9 Å². The summed E-state index contributed by atoms with van der Waals surface area (Å²) in [6.45, 7) is 23.2. The van der Waals surface area contributed by atoms with E-state index in [1.54, 1.807) is 18.7 Å². The lowest BCUT2D eigenvalue weighted by Crippen LogP contribution is -2.55. The van der Waals surface area contributed by atoms with Crippen LogP contribution in [0.3, 0.4) is 0 Å². The molecule has 7 aliphatic rings. The quantitative estimate of drug-likeness (QED) is 0.238. The van der Waals surface area contributed by atoms with E-state index < -0.39 is 35.8 Å². The van der Waals surface area contributed by atoms with Crippen LogP contribution in [0.2, 0.25) is 0 Å². The van der Waals surface area contributed by atoms with Gasteiger partial charge in [-0.3, -0.25) is 4.79 Å². The number of amides is 2. The molecule has 56 heavy (non-hydrogen) atoms. The van der Waals surface area contributed by atoms with Gasteiger partial charge in [0, 0.05) is 37.4 Å². The highest BCUT2D eigenvalue weighted by Gasteiger charge is 2.75. The van der Waals surface area contributed by atoms with Crippen LogP contribution in [0.5, 0.6) is 0 Å². The molecule has 0 radical (unpaired) electrons. The molecule has 0 aromatic rings. The van der Waals surface area contributed by atoms with E-state index in [1.807, 2.05) is 25.7 Å². The van der Waals surface area contributed by atoms with Crippen molar-refractivity contribution in [3.63, 3.8) is 0 Å². The summed E-state index contributed by atoms with van der Waals surface area (Å²) < 4.78 is 25.1. The average molecular weight is 789 g/mol. The summed E-state index contributed by atoms with van der Waals surface area (Å²) in [6.07, 6.45) is 8.01. The second-order valence-electron chi connectivity index (χ2n) is 22.3. The van der Waals surface area contributed by atoms with Gasteiger partial charge in [-0.25, -0.2) is 4.79 Å². The number of aliphatic hydroxyl groups excluding tert-OH is 2. The van der Waals surface area contributed by atoms with Crippen LogP contribution in [-0.2, 0) is 23.7 Å². The van der Waals surface area contributed by atoms with Gasteiger partial charge < -0.3 is 44.1 Å². The van der Waals surface area contributed by atoms with Crippen LogP contribution in [0, 0.1) is 51.2 Å². The maximum Gasteiger partial charge on any atom is 0.410 e. The Morgan fingerprint density at radius 2 is 1.62 bits per heavy atom. The minimum absolute atomic E-state index is 0.0192. The minimum atomic E-state index is -1.28. The Balaban J connectivity index is 0.974. The van der Waals surface area contributed by atoms with Gasteiger partial charge in [-0.05, 0) is 132 Å². The maximum absolute atomic E-state index is 13.4. The molecule has 3 heterocycles. The Kier molecular flexibility index (Phi) is 11.3. The van der Waals surface area contributed by atoms with E-state index in [1.165, 1.54) is 19.3 Å². The van der Waals surface area contributed by atoms with Crippen LogP contribution in [0.1, 0.15) is 140 Å². The van der Waals surface area contributed by atoms with Crippen molar-refractivity contribution in [2.24, 2.45) is 51.2 Å². The SMILES string of the molecule is CC1CC(C(O)C(C)(C)O)OC2C1C1(C)CCC3(CC3)C(CCC3CCCC(OC4CN(C(=O)CC5CN(C(=O)OC(C)(C)C)C5)CCO4)C3(C)C)C1(C)C2O. The molecule has 0 bridgehead atoms. The fraction of sp³-hybridized carbons (Fsp3) is 0.956. The molecule has 4 saturated carbocycles. The number of likely N-dealkylation sites (tertiary alicyclic amines) is 1. The van der Waals surface area contributed by atoms with Crippen molar-refractivity contribution >= 4 is 12.0 Å². The lowest BCUT2D eigenvalue weighted by molar-refractivity contribution is -0.233. The smallest absolute Gasteiger partial charge is 0.410 e. The number of hydrogen-bond acceptors (Lipinski definition) is 9. The average Bonchev–Trinajstić information content (AvgIpc) is 3.84. The van der Waals surface area contributed by atoms with Gasteiger partial charge in [0.2, 0.25) is 5.91 Å². The molecule has 1 spiro atoms. The number of nitrogens with zero attached hydrogens (tertiary/aromatic N) is 2. The van der Waals surface area contributed by atoms with E-state index in [4.69, 9.17) is 18.9 Å². The van der Waals surface area contributed by atoms with Gasteiger partial charge >= 0.3 is 6.09 Å². The molecule has 2 amide bonds. The van der Waals surface area contributed by atoms with Crippen LogP contribution >= 0.6 is 0 Å². The zero-order chi connectivity index (χ0) is 40.8. The topological polar surface area (TPSA) is 138 Å². The third-order valence-electron chi connectivity index (χ3n) is 16.8. The van der Waals surface area contributed by atoms with Gasteiger partial charge in [-0.2, -0.15) is 0 Å². The predicted octanol–water partition coefficient (Wildman–Crippen LogP) is 6.54. The Morgan fingerprint density at radius 3 is 2.27 bits per heavy atom. The predicted molar refractivity (Wildman–Crippen MR) is 212 cm³/mol. The number of ether oxygens (including phenoxy) is 4. The summed E-state index contributed by atoms with van der Waals surface area (Å²) in [5, 5.41) is 34.3. The van der Waals surface area contributed by atoms with Gasteiger partial charge in [-0.15, -0.1) is 0 Å². The second-order valence-corrected chi connectivity index (χ2v) is 22.3. The third-order valence-corrected chi connectivity index (χ3v) is 16.8. The van der Waals surface area contributed by atoms with E-state index in [0.717, 1.165) is 38.5 Å². The molecular formula is C45H76N2O9. The van der Waals surface area contributed by atoms with Crippen molar-refractivity contribution in [2.45, 2.75) is 188 Å². The molecule has 7 rings (SSSR count). The van der Waals surface area contributed by atoms with Crippen LogP contribution in [0.4, 0.5) is 4.79 Å². The van der Waals surface area contributed by atoms with Gasteiger partial charge in [0.15, 0.2) is 6.29 Å². The fourth-order valence-corrected chi connectivity index (χ4v) is 13.2. The monoisotopic (exact) mass is 789 g/mol. The number of aliphatic hydroxyl groups is 3. The third kappa shape index (κ3) is 7.58. The van der Waals surface area contributed by atoms with Crippen LogP contribution in [-0.4, -0.2) is 118 Å². The van der Waals surface area contributed by atoms with Gasteiger partial charge in [0.1, 0.15) is 11.7 Å². The van der Waals surface area contributed by atoms with Crippen molar-refractivity contribution in [3.8, 4) is 0 Å². The number of morpholine rings is 1. The minimum Gasteiger partial charge on any atom is -0.444 e. The molecule has 3 N–H and O–H groups in total. The number of rotatable bonds is 9. The number of carbonyl (C=O) groups excluding carboxylic acids is 2. The van der Waals surface area contributed by atoms with Crippen molar-refractivity contribution in [3.05, 3.63) is 0 Å². The van der Waals surface area contributed by atoms with Crippen LogP contribution in [0.15, 0.2) is 0 Å². The molecule has 0 aromatic carbocycles. The molecule has 11 nitrogen and oxygen atoms in total. The van der Waals surface area contributed by atoms with E-state index >= 15 is 0 Å². The maximum atomic E-state index is 13.4. The van der Waals surface area contributed by atoms with Crippen molar-refractivity contribution in [1.82, 2.24) is 9.80 Å². The van der Waals surface area contributed by atoms with Crippen molar-refractivity contribution < 1.29 is 43.9 Å². The normalized spacial score (nSPS) is 41.4. The summed E-state index contributed by atoms with van der Waals surface area (Å²) in [6, 6.07) is 0. The molecular weight excluding hydrogens is 712 g/mol. The van der Waals surface area contributed by atoms with Gasteiger partial charge in [-0.1, -0.05) is 41.0 Å². The summed E-state index contributed by atoms with van der Waals surface area (Å²) in [5.74, 6) is 1.55. The van der Waals surface area contributed by atoms with Crippen LogP contribution in [0.25, 0.3) is 0 Å². The lowest BCUT2D eigenvalue weighted by Gasteiger charge is -2.58. The molecule has 3 saturated heterocycles. The van der Waals surface area contributed by atoms with E-state index in [2.05, 4.69) is 34.6 Å². The van der Waals surface area contributed by atoms with Crippen molar-refractivity contribution in [2.75, 3.05) is 32.8 Å².